The molecule has 0 aliphatic carbocycles. The van der Waals surface area contributed by atoms with E-state index in [4.69, 9.17) is 11.6 Å². The maximum atomic E-state index is 13.3. The molecule has 0 heterocycles. The Balaban J connectivity index is 2.30. The smallest absolute Gasteiger partial charge is 0.141 e. The average Bonchev–Trinajstić information content (AvgIpc) is 2.45. The Kier molecular flexibility index (Phi) is 5.38. The zero-order chi connectivity index (χ0) is 15.4. The van der Waals surface area contributed by atoms with Gasteiger partial charge in [-0.05, 0) is 55.6 Å². The highest BCUT2D eigenvalue weighted by molar-refractivity contribution is 6.30. The number of likely N-dealkylation sites (N-methyl/N-ethyl adjacent to an activating group) is 1. The Labute approximate surface area is 131 Å². The molecule has 0 radical (unpaired) electrons. The highest BCUT2D eigenvalue weighted by Gasteiger charge is 2.14. The second-order valence-electron chi connectivity index (χ2n) is 5.42. The summed E-state index contributed by atoms with van der Waals surface area (Å²) < 4.78 is 13.3. The van der Waals surface area contributed by atoms with Gasteiger partial charge in [-0.3, -0.25) is 0 Å². The Hall–Kier alpha value is -1.38. The van der Waals surface area contributed by atoms with Gasteiger partial charge in [0.05, 0.1) is 5.02 Å². The van der Waals surface area contributed by atoms with Crippen LogP contribution in [-0.2, 0) is 6.42 Å². The second-order valence-corrected chi connectivity index (χ2v) is 5.83. The zero-order valence-corrected chi connectivity index (χ0v) is 13.5. The number of aryl methyl sites for hydroxylation is 2. The molecule has 112 valence electrons. The van der Waals surface area contributed by atoms with Crippen molar-refractivity contribution in [3.63, 3.8) is 0 Å². The highest BCUT2D eigenvalue weighted by atomic mass is 35.5. The van der Waals surface area contributed by atoms with E-state index in [2.05, 4.69) is 44.3 Å². The molecule has 2 aromatic carbocycles. The molecular weight excluding hydrogens is 285 g/mol. The van der Waals surface area contributed by atoms with Crippen molar-refractivity contribution in [2.45, 2.75) is 33.2 Å². The summed E-state index contributed by atoms with van der Waals surface area (Å²) in [5.74, 6) is -0.368. The van der Waals surface area contributed by atoms with Gasteiger partial charge in [-0.25, -0.2) is 4.39 Å². The number of nitrogens with one attached hydrogen (secondary N) is 1. The molecule has 0 amide bonds. The Bertz CT molecular complexity index is 625. The van der Waals surface area contributed by atoms with Crippen molar-refractivity contribution in [3.8, 4) is 0 Å². The first-order chi connectivity index (χ1) is 10.0. The van der Waals surface area contributed by atoms with E-state index < -0.39 is 0 Å². The summed E-state index contributed by atoms with van der Waals surface area (Å²) in [4.78, 5) is 0. The molecule has 1 atom stereocenters. The van der Waals surface area contributed by atoms with Gasteiger partial charge in [0.25, 0.3) is 0 Å². The van der Waals surface area contributed by atoms with Gasteiger partial charge in [0.1, 0.15) is 5.82 Å². The molecule has 1 N–H and O–H groups in total. The van der Waals surface area contributed by atoms with E-state index in [0.717, 1.165) is 18.5 Å². The minimum absolute atomic E-state index is 0.184. The first kappa shape index (κ1) is 16.0. The van der Waals surface area contributed by atoms with Crippen molar-refractivity contribution in [2.75, 3.05) is 6.54 Å². The van der Waals surface area contributed by atoms with Crippen LogP contribution in [0, 0.1) is 19.7 Å². The minimum Gasteiger partial charge on any atom is -0.310 e. The van der Waals surface area contributed by atoms with Crippen LogP contribution in [0.1, 0.15) is 35.2 Å². The minimum atomic E-state index is -0.368. The fraction of sp³-hybridized carbons (Fsp3) is 0.333. The van der Waals surface area contributed by atoms with Crippen LogP contribution in [0.15, 0.2) is 36.4 Å². The number of rotatable bonds is 5. The standard InChI is InChI=1S/C18H21ClFN/c1-4-21-18(15-9-12(2)5-6-13(15)3)11-14-7-8-17(20)16(19)10-14/h5-10,18,21H,4,11H2,1-3H3. The van der Waals surface area contributed by atoms with E-state index in [9.17, 15) is 4.39 Å². The number of hydrogen-bond donors (Lipinski definition) is 1. The van der Waals surface area contributed by atoms with Gasteiger partial charge in [0.2, 0.25) is 0 Å². The van der Waals surface area contributed by atoms with E-state index in [0.29, 0.717) is 0 Å². The van der Waals surface area contributed by atoms with Crippen LogP contribution >= 0.6 is 11.6 Å². The van der Waals surface area contributed by atoms with Gasteiger partial charge in [-0.1, -0.05) is 48.4 Å². The Morgan fingerprint density at radius 1 is 1.14 bits per heavy atom. The molecule has 3 heteroatoms. The molecular formula is C18H21ClFN. The maximum Gasteiger partial charge on any atom is 0.141 e. The van der Waals surface area contributed by atoms with Crippen LogP contribution in [0.3, 0.4) is 0 Å². The molecule has 0 fully saturated rings. The maximum absolute atomic E-state index is 13.3. The Morgan fingerprint density at radius 2 is 1.90 bits per heavy atom. The van der Waals surface area contributed by atoms with E-state index in [1.54, 1.807) is 12.1 Å². The highest BCUT2D eigenvalue weighted by Crippen LogP contribution is 2.25. The number of halogens is 2. The van der Waals surface area contributed by atoms with Gasteiger partial charge in [0.15, 0.2) is 0 Å². The van der Waals surface area contributed by atoms with Crippen molar-refractivity contribution in [1.82, 2.24) is 5.32 Å². The van der Waals surface area contributed by atoms with E-state index in [1.807, 2.05) is 0 Å². The van der Waals surface area contributed by atoms with Gasteiger partial charge < -0.3 is 5.32 Å². The molecule has 2 aromatic rings. The predicted octanol–water partition coefficient (Wildman–Crippen LogP) is 4.99. The lowest BCUT2D eigenvalue weighted by atomic mass is 9.94. The van der Waals surface area contributed by atoms with E-state index in [1.165, 1.54) is 22.8 Å². The summed E-state index contributed by atoms with van der Waals surface area (Å²) in [5, 5.41) is 3.70. The molecule has 21 heavy (non-hydrogen) atoms. The summed E-state index contributed by atoms with van der Waals surface area (Å²) in [6, 6.07) is 11.6. The zero-order valence-electron chi connectivity index (χ0n) is 12.7. The third-order valence-electron chi connectivity index (χ3n) is 3.68. The lowest BCUT2D eigenvalue weighted by molar-refractivity contribution is 0.546. The lowest BCUT2D eigenvalue weighted by Gasteiger charge is -2.21. The first-order valence-corrected chi connectivity index (χ1v) is 7.63. The third kappa shape index (κ3) is 4.05. The lowest BCUT2D eigenvalue weighted by Crippen LogP contribution is -2.23. The van der Waals surface area contributed by atoms with Crippen LogP contribution in [0.25, 0.3) is 0 Å². The molecule has 0 saturated carbocycles. The molecule has 1 unspecified atom stereocenters. The molecule has 0 aromatic heterocycles. The second kappa shape index (κ2) is 7.06. The van der Waals surface area contributed by atoms with Crippen LogP contribution < -0.4 is 5.32 Å². The van der Waals surface area contributed by atoms with Crippen molar-refractivity contribution < 1.29 is 4.39 Å². The van der Waals surface area contributed by atoms with Gasteiger partial charge >= 0.3 is 0 Å². The molecule has 0 saturated heterocycles. The predicted molar refractivity (Wildman–Crippen MR) is 87.4 cm³/mol. The quantitative estimate of drug-likeness (QED) is 0.820. The molecule has 0 bridgehead atoms. The SMILES string of the molecule is CCNC(Cc1ccc(F)c(Cl)c1)c1cc(C)ccc1C. The summed E-state index contributed by atoms with van der Waals surface area (Å²) in [5.41, 5.74) is 4.83. The van der Waals surface area contributed by atoms with Gasteiger partial charge in [-0.2, -0.15) is 0 Å². The summed E-state index contributed by atoms with van der Waals surface area (Å²) >= 11 is 5.88. The molecule has 0 aliphatic heterocycles. The third-order valence-corrected chi connectivity index (χ3v) is 3.97. The van der Waals surface area contributed by atoms with Crippen molar-refractivity contribution >= 4 is 11.6 Å². The Morgan fingerprint density at radius 3 is 2.57 bits per heavy atom. The molecule has 0 spiro atoms. The number of benzene rings is 2. The summed E-state index contributed by atoms with van der Waals surface area (Å²) in [6.07, 6.45) is 0.790. The van der Waals surface area contributed by atoms with Crippen molar-refractivity contribution in [1.29, 1.82) is 0 Å². The summed E-state index contributed by atoms with van der Waals surface area (Å²) in [6.45, 7) is 7.19. The van der Waals surface area contributed by atoms with E-state index >= 15 is 0 Å². The van der Waals surface area contributed by atoms with Crippen molar-refractivity contribution in [2.24, 2.45) is 0 Å². The normalized spacial score (nSPS) is 12.4. The van der Waals surface area contributed by atoms with Gasteiger partial charge in [0, 0.05) is 6.04 Å². The van der Waals surface area contributed by atoms with Gasteiger partial charge in [-0.15, -0.1) is 0 Å². The number of hydrogen-bond acceptors (Lipinski definition) is 1. The topological polar surface area (TPSA) is 12.0 Å². The average molecular weight is 306 g/mol. The van der Waals surface area contributed by atoms with E-state index in [-0.39, 0.29) is 16.9 Å². The van der Waals surface area contributed by atoms with Crippen LogP contribution in [0.2, 0.25) is 5.02 Å². The van der Waals surface area contributed by atoms with Crippen LogP contribution in [0.4, 0.5) is 4.39 Å². The van der Waals surface area contributed by atoms with Crippen molar-refractivity contribution in [3.05, 3.63) is 69.5 Å². The van der Waals surface area contributed by atoms with Crippen LogP contribution in [0.5, 0.6) is 0 Å². The largest absolute Gasteiger partial charge is 0.310 e. The molecule has 2 rings (SSSR count). The molecule has 1 nitrogen and oxygen atoms in total. The van der Waals surface area contributed by atoms with Crippen LogP contribution in [-0.4, -0.2) is 6.54 Å². The fourth-order valence-corrected chi connectivity index (χ4v) is 2.78. The fourth-order valence-electron chi connectivity index (χ4n) is 2.58. The summed E-state index contributed by atoms with van der Waals surface area (Å²) in [7, 11) is 0. The first-order valence-electron chi connectivity index (χ1n) is 7.25. The molecule has 0 aliphatic rings. The monoisotopic (exact) mass is 305 g/mol.